The fraction of sp³-hybridized carbons (Fsp3) is 0.643. The Morgan fingerprint density at radius 3 is 1.25 bits per heavy atom. The predicted octanol–water partition coefficient (Wildman–Crippen LogP) is -0.828. The summed E-state index contributed by atoms with van der Waals surface area (Å²) in [4.78, 5) is 0. The van der Waals surface area contributed by atoms with E-state index < -0.39 is 10.2 Å². The maximum atomic E-state index is 8.49. The summed E-state index contributed by atoms with van der Waals surface area (Å²) in [6.45, 7) is 16.1. The fourth-order valence-electron chi connectivity index (χ4n) is 1.37. The van der Waals surface area contributed by atoms with Gasteiger partial charge in [-0.15, -0.1) is 10.2 Å². The van der Waals surface area contributed by atoms with Crippen LogP contribution in [0.2, 0.25) is 0 Å². The van der Waals surface area contributed by atoms with Crippen molar-refractivity contribution in [1.29, 1.82) is 0 Å². The van der Waals surface area contributed by atoms with Crippen LogP contribution < -0.4 is 18.6 Å². The third-order valence-corrected chi connectivity index (χ3v) is 6.40. The second-order valence-corrected chi connectivity index (χ2v) is 9.77. The molecule has 1 aromatic rings. The quantitative estimate of drug-likeness (QED) is 0.558. The Balaban J connectivity index is 0.000000621. The van der Waals surface area contributed by atoms with Crippen molar-refractivity contribution in [1.82, 2.24) is 0 Å². The van der Waals surface area contributed by atoms with Crippen LogP contribution in [-0.4, -0.2) is 14.5 Å². The van der Waals surface area contributed by atoms with Crippen molar-refractivity contribution in [3.63, 3.8) is 0 Å². The van der Waals surface area contributed by atoms with Gasteiger partial charge in [0.25, 0.3) is 0 Å². The Morgan fingerprint density at radius 1 is 0.800 bits per heavy atom. The SMILES string of the molecule is Cc1cc(C(C)(C)C)[se+]c(C(C)(C)C)c1.[O-][Cl+3]([O-])([O-])[O-]. The topological polar surface area (TPSA) is 92.2 Å². The van der Waals surface area contributed by atoms with Gasteiger partial charge >= 0.3 is 100 Å². The monoisotopic (exact) mass is 370 g/mol. The summed E-state index contributed by atoms with van der Waals surface area (Å²) in [6.07, 6.45) is 0. The van der Waals surface area contributed by atoms with Gasteiger partial charge in [-0.05, 0) is 0 Å². The van der Waals surface area contributed by atoms with E-state index in [0.717, 1.165) is 0 Å². The molecular formula is C14H23ClO4Se. The zero-order valence-corrected chi connectivity index (χ0v) is 15.5. The van der Waals surface area contributed by atoms with Crippen LogP contribution in [-0.2, 0) is 10.8 Å². The van der Waals surface area contributed by atoms with Crippen molar-refractivity contribution in [3.8, 4) is 0 Å². The minimum Gasteiger partial charge on any atom is -0.222 e. The summed E-state index contributed by atoms with van der Waals surface area (Å²) < 4.78 is 37.2. The molecule has 0 saturated carbocycles. The molecule has 0 atom stereocenters. The molecule has 0 saturated heterocycles. The van der Waals surface area contributed by atoms with E-state index in [1.54, 1.807) is 8.87 Å². The number of aryl methyl sites for hydroxylation is 1. The van der Waals surface area contributed by atoms with E-state index in [4.69, 9.17) is 18.6 Å². The Morgan fingerprint density at radius 2 is 1.05 bits per heavy atom. The van der Waals surface area contributed by atoms with Crippen molar-refractivity contribution in [2.45, 2.75) is 59.3 Å². The second-order valence-electron chi connectivity index (χ2n) is 6.74. The Kier molecular flexibility index (Phi) is 6.84. The molecule has 6 heteroatoms. The van der Waals surface area contributed by atoms with Crippen LogP contribution in [0.5, 0.6) is 0 Å². The molecule has 116 valence electrons. The van der Waals surface area contributed by atoms with Gasteiger partial charge < -0.3 is 0 Å². The molecule has 0 aliphatic heterocycles. The third-order valence-electron chi connectivity index (χ3n) is 2.42. The number of hydrogen-bond acceptors (Lipinski definition) is 4. The summed E-state index contributed by atoms with van der Waals surface area (Å²) in [5.74, 6) is 0. The van der Waals surface area contributed by atoms with Gasteiger partial charge in [0.05, 0.1) is 0 Å². The summed E-state index contributed by atoms with van der Waals surface area (Å²) in [5.41, 5.74) is 2.07. The molecule has 0 unspecified atom stereocenters. The van der Waals surface area contributed by atoms with Crippen molar-refractivity contribution < 1.29 is 28.9 Å². The van der Waals surface area contributed by atoms with Gasteiger partial charge in [0.15, 0.2) is 0 Å². The molecule has 0 aromatic carbocycles. The Hall–Kier alpha value is -0.000519. The van der Waals surface area contributed by atoms with E-state index in [0.29, 0.717) is 25.3 Å². The molecule has 0 fully saturated rings. The van der Waals surface area contributed by atoms with E-state index >= 15 is 0 Å². The summed E-state index contributed by atoms with van der Waals surface area (Å²) in [5, 5.41) is 0. The largest absolute Gasteiger partial charge is 0.222 e. The molecule has 4 nitrogen and oxygen atoms in total. The van der Waals surface area contributed by atoms with E-state index in [1.165, 1.54) is 5.56 Å². The first-order chi connectivity index (χ1) is 8.60. The first-order valence-corrected chi connectivity index (χ1v) is 9.13. The molecule has 0 spiro atoms. The first kappa shape index (κ1) is 20.0. The van der Waals surface area contributed by atoms with Gasteiger partial charge in [-0.1, -0.05) is 0 Å². The van der Waals surface area contributed by atoms with Gasteiger partial charge in [0.2, 0.25) is 0 Å². The summed E-state index contributed by atoms with van der Waals surface area (Å²) >= 11 is 0.538. The minimum absolute atomic E-state index is 0.325. The Labute approximate surface area is 129 Å². The van der Waals surface area contributed by atoms with Crippen LogP contribution >= 0.6 is 0 Å². The molecule has 0 bridgehead atoms. The minimum atomic E-state index is -4.94. The van der Waals surface area contributed by atoms with Crippen LogP contribution in [0.15, 0.2) is 12.1 Å². The van der Waals surface area contributed by atoms with E-state index in [9.17, 15) is 0 Å². The molecular weight excluding hydrogens is 347 g/mol. The van der Waals surface area contributed by atoms with Crippen molar-refractivity contribution in [2.24, 2.45) is 0 Å². The van der Waals surface area contributed by atoms with Crippen molar-refractivity contribution >= 4 is 14.5 Å². The standard InChI is InChI=1S/C14H23Se.ClHO4/c1-10-8-11(13(2,3)4)15-12(9-10)14(5,6)7;2-1(3,4)5/h8-9H,1-7H3;(H,2,3,4,5)/q+1;/p-1. The molecule has 0 aliphatic rings. The first-order valence-electron chi connectivity index (χ1n) is 6.18. The molecule has 1 rings (SSSR count). The zero-order valence-electron chi connectivity index (χ0n) is 13.1. The van der Waals surface area contributed by atoms with E-state index in [1.807, 2.05) is 0 Å². The molecule has 0 aliphatic carbocycles. The van der Waals surface area contributed by atoms with E-state index in [2.05, 4.69) is 60.6 Å². The maximum absolute atomic E-state index is 8.49. The van der Waals surface area contributed by atoms with Gasteiger partial charge in [-0.3, -0.25) is 0 Å². The van der Waals surface area contributed by atoms with Gasteiger partial charge in [0.1, 0.15) is 0 Å². The van der Waals surface area contributed by atoms with Crippen LogP contribution in [0, 0.1) is 17.2 Å². The summed E-state index contributed by atoms with van der Waals surface area (Å²) in [7, 11) is -4.94. The van der Waals surface area contributed by atoms with Crippen LogP contribution in [0.3, 0.4) is 0 Å². The molecule has 0 radical (unpaired) electrons. The number of hydrogen-bond donors (Lipinski definition) is 0. The smallest absolute Gasteiger partial charge is 0.112 e. The average molecular weight is 370 g/mol. The van der Waals surface area contributed by atoms with Crippen molar-refractivity contribution in [2.75, 3.05) is 0 Å². The van der Waals surface area contributed by atoms with Crippen LogP contribution in [0.25, 0.3) is 0 Å². The second kappa shape index (κ2) is 6.84. The van der Waals surface area contributed by atoms with Crippen LogP contribution in [0.1, 0.15) is 56.0 Å². The molecule has 0 amide bonds. The van der Waals surface area contributed by atoms with Crippen molar-refractivity contribution in [3.05, 3.63) is 26.6 Å². The third kappa shape index (κ3) is 9.03. The average Bonchev–Trinajstić information content (AvgIpc) is 2.10. The molecule has 20 heavy (non-hydrogen) atoms. The van der Waals surface area contributed by atoms with Crippen LogP contribution in [0.4, 0.5) is 0 Å². The zero-order chi connectivity index (χ0) is 16.4. The maximum Gasteiger partial charge on any atom is -0.112 e. The Bertz CT molecular complexity index is 404. The van der Waals surface area contributed by atoms with E-state index in [-0.39, 0.29) is 0 Å². The normalized spacial score (nSPS) is 12.8. The predicted molar refractivity (Wildman–Crippen MR) is 69.9 cm³/mol. The molecule has 0 N–H and O–H groups in total. The molecule has 1 heterocycles. The van der Waals surface area contributed by atoms with Gasteiger partial charge in [0, 0.05) is 0 Å². The van der Waals surface area contributed by atoms with Gasteiger partial charge in [-0.2, -0.15) is 0 Å². The molecule has 1 aromatic heterocycles. The van der Waals surface area contributed by atoms with Gasteiger partial charge in [-0.25, -0.2) is 18.6 Å². The fourth-order valence-corrected chi connectivity index (χ4v) is 4.18. The number of halogens is 1. The summed E-state index contributed by atoms with van der Waals surface area (Å²) in [6, 6.07) is 4.77. The number of rotatable bonds is 0.